The zero-order valence-corrected chi connectivity index (χ0v) is 31.7. The summed E-state index contributed by atoms with van der Waals surface area (Å²) < 4.78 is 3.66. The van der Waals surface area contributed by atoms with E-state index in [0.29, 0.717) is 6.42 Å². The Morgan fingerprint density at radius 2 is 1.35 bits per heavy atom. The molecule has 4 heteroatoms. The van der Waals surface area contributed by atoms with E-state index in [1.54, 1.807) is 11.3 Å². The Morgan fingerprint density at radius 1 is 0.667 bits per heavy atom. The van der Waals surface area contributed by atoms with Crippen LogP contribution < -0.4 is 0 Å². The van der Waals surface area contributed by atoms with Crippen LogP contribution in [0.2, 0.25) is 0 Å². The van der Waals surface area contributed by atoms with Gasteiger partial charge in [0.25, 0.3) is 0 Å². The second-order valence-corrected chi connectivity index (χ2v) is 16.1. The Morgan fingerprint density at radius 3 is 2.17 bits per heavy atom. The molecule has 0 saturated carbocycles. The molecule has 0 bridgehead atoms. The molecule has 0 aliphatic heterocycles. The van der Waals surface area contributed by atoms with Gasteiger partial charge >= 0.3 is 0 Å². The first-order valence-corrected chi connectivity index (χ1v) is 19.9. The van der Waals surface area contributed by atoms with E-state index in [0.717, 1.165) is 61.0 Å². The van der Waals surface area contributed by atoms with E-state index < -0.39 is 0 Å². The molecule has 54 heavy (non-hydrogen) atoms. The molecule has 2 nitrogen and oxygen atoms in total. The summed E-state index contributed by atoms with van der Waals surface area (Å²) >= 11 is 3.56. The van der Waals surface area contributed by atoms with Crippen LogP contribution in [-0.2, 0) is 6.42 Å². The van der Waals surface area contributed by atoms with Gasteiger partial charge in [-0.25, -0.2) is 9.97 Å². The third-order valence-corrected chi connectivity index (χ3v) is 13.3. The number of hydrogen-bond acceptors (Lipinski definition) is 4. The lowest BCUT2D eigenvalue weighted by atomic mass is 9.82. The van der Waals surface area contributed by atoms with Crippen molar-refractivity contribution in [2.24, 2.45) is 0 Å². The van der Waals surface area contributed by atoms with E-state index in [-0.39, 0.29) is 0 Å². The minimum Gasteiger partial charge on any atom is -0.242 e. The topological polar surface area (TPSA) is 25.8 Å². The normalized spacial score (nSPS) is 11.7. The third-order valence-electron chi connectivity index (χ3n) is 11.0. The number of terminal acetylenes is 1. The van der Waals surface area contributed by atoms with Crippen LogP contribution in [0.15, 0.2) is 134 Å². The molecule has 0 unspecified atom stereocenters. The highest BCUT2D eigenvalue weighted by atomic mass is 32.1. The highest BCUT2D eigenvalue weighted by molar-refractivity contribution is 7.27. The average molecular weight is 727 g/mol. The molecule has 0 aliphatic carbocycles. The van der Waals surface area contributed by atoms with E-state index >= 15 is 0 Å². The maximum atomic E-state index is 5.97. The van der Waals surface area contributed by atoms with E-state index in [1.807, 2.05) is 11.3 Å². The molecule has 10 aromatic rings. The van der Waals surface area contributed by atoms with Crippen LogP contribution in [0.1, 0.15) is 34.4 Å². The van der Waals surface area contributed by atoms with Gasteiger partial charge in [0.05, 0.1) is 11.4 Å². The fourth-order valence-corrected chi connectivity index (χ4v) is 10.9. The minimum absolute atomic E-state index is 0.660. The van der Waals surface area contributed by atoms with Crippen molar-refractivity contribution in [2.75, 3.05) is 0 Å². The zero-order valence-electron chi connectivity index (χ0n) is 30.0. The quantitative estimate of drug-likeness (QED) is 0.159. The Kier molecular flexibility index (Phi) is 7.70. The standard InChI is InChI=1S/C50H34N2S2/c1-5-6-20-35-30(3)42(34-21-10-7-16-29(34)2)43(49-44(35)40-28-27-33-18-9-12-23-37(33)48(40)54-49)31(4)45-46(38-25-15-19-32-17-8-11-22-36(32)38)52-50-47(51-45)39-24-13-14-26-41(39)53-50/h1,7-19,21-28H,4,6,20H2,2-3H3. The van der Waals surface area contributed by atoms with Crippen LogP contribution in [0.25, 0.3) is 90.1 Å². The molecule has 10 rings (SSSR count). The first-order chi connectivity index (χ1) is 26.5. The molecule has 7 aromatic carbocycles. The van der Waals surface area contributed by atoms with E-state index in [2.05, 4.69) is 147 Å². The first kappa shape index (κ1) is 32.5. The van der Waals surface area contributed by atoms with Crippen molar-refractivity contribution in [3.8, 4) is 34.7 Å². The zero-order chi connectivity index (χ0) is 36.5. The average Bonchev–Trinajstić information content (AvgIpc) is 3.78. The van der Waals surface area contributed by atoms with E-state index in [1.165, 1.54) is 63.5 Å². The van der Waals surface area contributed by atoms with Gasteiger partial charge in [-0.15, -0.1) is 35.0 Å². The lowest BCUT2D eigenvalue weighted by molar-refractivity contribution is 1.03. The van der Waals surface area contributed by atoms with Crippen LogP contribution in [-0.4, -0.2) is 9.97 Å². The third kappa shape index (κ3) is 4.93. The number of hydrogen-bond donors (Lipinski definition) is 0. The van der Waals surface area contributed by atoms with Gasteiger partial charge in [-0.2, -0.15) is 0 Å². The second kappa shape index (κ2) is 12.8. The largest absolute Gasteiger partial charge is 0.242 e. The number of benzene rings is 7. The number of nitrogens with zero attached hydrogens (tertiary/aromatic N) is 2. The fraction of sp³-hybridized carbons (Fsp3) is 0.0800. The maximum Gasteiger partial charge on any atom is 0.143 e. The summed E-state index contributed by atoms with van der Waals surface area (Å²) in [6.07, 6.45) is 7.42. The highest BCUT2D eigenvalue weighted by Crippen LogP contribution is 2.51. The molecule has 256 valence electrons. The van der Waals surface area contributed by atoms with Crippen LogP contribution in [0.4, 0.5) is 0 Å². The monoisotopic (exact) mass is 726 g/mol. The summed E-state index contributed by atoms with van der Waals surface area (Å²) in [7, 11) is 0. The minimum atomic E-state index is 0.660. The van der Waals surface area contributed by atoms with Gasteiger partial charge in [0.2, 0.25) is 0 Å². The predicted molar refractivity (Wildman–Crippen MR) is 235 cm³/mol. The Labute approximate surface area is 322 Å². The summed E-state index contributed by atoms with van der Waals surface area (Å²) in [4.78, 5) is 12.1. The highest BCUT2D eigenvalue weighted by Gasteiger charge is 2.28. The van der Waals surface area contributed by atoms with Crippen molar-refractivity contribution >= 4 is 90.4 Å². The number of aryl methyl sites for hydroxylation is 2. The molecular weight excluding hydrogens is 693 g/mol. The lowest BCUT2D eigenvalue weighted by Crippen LogP contribution is -2.04. The molecule has 3 aromatic heterocycles. The Balaban J connectivity index is 1.38. The van der Waals surface area contributed by atoms with Crippen molar-refractivity contribution in [3.05, 3.63) is 162 Å². The van der Waals surface area contributed by atoms with Gasteiger partial charge in [0, 0.05) is 53.4 Å². The van der Waals surface area contributed by atoms with Gasteiger partial charge in [-0.1, -0.05) is 128 Å². The SMILES string of the molecule is C#CCCc1c(C)c(-c2ccccc2C)c(C(=C)c2nc3c(nc2-c2cccc4ccccc24)sc2ccccc23)c2sc3c4ccccc4ccc3c12. The molecule has 0 radical (unpaired) electrons. The summed E-state index contributed by atoms with van der Waals surface area (Å²) in [5.74, 6) is 2.95. The van der Waals surface area contributed by atoms with Crippen molar-refractivity contribution < 1.29 is 0 Å². The van der Waals surface area contributed by atoms with Gasteiger partial charge in [0.1, 0.15) is 10.3 Å². The number of rotatable bonds is 6. The summed E-state index contributed by atoms with van der Waals surface area (Å²) in [6, 6.07) is 45.5. The van der Waals surface area contributed by atoms with E-state index in [9.17, 15) is 0 Å². The van der Waals surface area contributed by atoms with Gasteiger partial charge in [0.15, 0.2) is 0 Å². The van der Waals surface area contributed by atoms with E-state index in [4.69, 9.17) is 23.0 Å². The molecule has 0 N–H and O–H groups in total. The van der Waals surface area contributed by atoms with Crippen molar-refractivity contribution in [2.45, 2.75) is 26.7 Å². The molecule has 3 heterocycles. The van der Waals surface area contributed by atoms with Crippen molar-refractivity contribution in [1.82, 2.24) is 9.97 Å². The Hall–Kier alpha value is -6.12. The lowest BCUT2D eigenvalue weighted by Gasteiger charge is -2.22. The number of thiophene rings is 2. The molecule has 0 fully saturated rings. The van der Waals surface area contributed by atoms with Crippen LogP contribution in [0, 0.1) is 26.2 Å². The second-order valence-electron chi connectivity index (χ2n) is 14.0. The number of aromatic nitrogens is 2. The molecule has 0 atom stereocenters. The van der Waals surface area contributed by atoms with Crippen molar-refractivity contribution in [3.63, 3.8) is 0 Å². The van der Waals surface area contributed by atoms with Crippen molar-refractivity contribution in [1.29, 1.82) is 0 Å². The van der Waals surface area contributed by atoms with Crippen LogP contribution >= 0.6 is 22.7 Å². The smallest absolute Gasteiger partial charge is 0.143 e. The number of fused-ring (bicyclic) bond motifs is 9. The molecule has 0 spiro atoms. The molecule has 0 saturated heterocycles. The molecular formula is C50H34N2S2. The summed E-state index contributed by atoms with van der Waals surface area (Å²) in [6.45, 7) is 9.52. The summed E-state index contributed by atoms with van der Waals surface area (Å²) in [5.41, 5.74) is 11.7. The van der Waals surface area contributed by atoms with Gasteiger partial charge < -0.3 is 0 Å². The summed E-state index contributed by atoms with van der Waals surface area (Å²) in [5, 5.41) is 8.43. The molecule has 0 amide bonds. The fourth-order valence-electron chi connectivity index (χ4n) is 8.40. The predicted octanol–water partition coefficient (Wildman–Crippen LogP) is 14.1. The molecule has 0 aliphatic rings. The van der Waals surface area contributed by atoms with Crippen LogP contribution in [0.5, 0.6) is 0 Å². The maximum absolute atomic E-state index is 5.97. The van der Waals surface area contributed by atoms with Gasteiger partial charge in [-0.3, -0.25) is 0 Å². The van der Waals surface area contributed by atoms with Gasteiger partial charge in [-0.05, 0) is 75.7 Å². The van der Waals surface area contributed by atoms with Crippen LogP contribution in [0.3, 0.4) is 0 Å². The Bertz CT molecular complexity index is 3220. The first-order valence-electron chi connectivity index (χ1n) is 18.3.